The monoisotopic (exact) mass is 672 g/mol. The van der Waals surface area contributed by atoms with Crippen LogP contribution in [0.4, 0.5) is 10.8 Å². The summed E-state index contributed by atoms with van der Waals surface area (Å²) in [6.07, 6.45) is 1.49. The number of nitrogens with zero attached hydrogens (tertiary/aromatic N) is 1. The molecule has 0 aliphatic rings. The summed E-state index contributed by atoms with van der Waals surface area (Å²) in [7, 11) is 0. The number of rotatable bonds is 10. The number of thiazole rings is 1. The first-order valence-electron chi connectivity index (χ1n) is 13.0. The van der Waals surface area contributed by atoms with Crippen LogP contribution in [-0.2, 0) is 9.59 Å². The van der Waals surface area contributed by atoms with Gasteiger partial charge >= 0.3 is 0 Å². The average Bonchev–Trinajstić information content (AvgIpc) is 3.65. The van der Waals surface area contributed by atoms with Crippen LogP contribution < -0.4 is 16.0 Å². The van der Waals surface area contributed by atoms with Gasteiger partial charge in [0.2, 0.25) is 5.91 Å². The average molecular weight is 674 g/mol. The SMILES string of the molecule is Cc1csc(NC(=O)CSc2ccc(NC(=O)C(=Cc3ccc(-c4ccc(Br)cc4)o3)NC(=O)c3ccccc3)cc2)n1. The van der Waals surface area contributed by atoms with E-state index in [9.17, 15) is 14.4 Å². The van der Waals surface area contributed by atoms with Crippen molar-refractivity contribution in [2.75, 3.05) is 16.4 Å². The fourth-order valence-electron chi connectivity index (χ4n) is 3.83. The van der Waals surface area contributed by atoms with Crippen LogP contribution in [0.2, 0.25) is 0 Å². The predicted octanol–water partition coefficient (Wildman–Crippen LogP) is 7.61. The summed E-state index contributed by atoms with van der Waals surface area (Å²) >= 11 is 6.17. The first kappa shape index (κ1) is 30.0. The van der Waals surface area contributed by atoms with Gasteiger partial charge in [-0.2, -0.15) is 0 Å². The molecule has 11 heteroatoms. The Kier molecular flexibility index (Phi) is 9.88. The number of amides is 3. The van der Waals surface area contributed by atoms with E-state index in [1.54, 1.807) is 48.5 Å². The number of carbonyl (C=O) groups is 3. The number of halogens is 1. The van der Waals surface area contributed by atoms with Crippen molar-refractivity contribution in [1.29, 1.82) is 0 Å². The van der Waals surface area contributed by atoms with Gasteiger partial charge in [0.15, 0.2) is 5.13 Å². The smallest absolute Gasteiger partial charge is 0.272 e. The van der Waals surface area contributed by atoms with Gasteiger partial charge in [-0.3, -0.25) is 14.4 Å². The fraction of sp³-hybridized carbons (Fsp3) is 0.0625. The molecule has 0 unspecified atom stereocenters. The molecule has 216 valence electrons. The maximum atomic E-state index is 13.4. The quantitative estimate of drug-likeness (QED) is 0.104. The maximum Gasteiger partial charge on any atom is 0.272 e. The van der Waals surface area contributed by atoms with Crippen LogP contribution in [0.1, 0.15) is 21.8 Å². The van der Waals surface area contributed by atoms with Gasteiger partial charge in [0, 0.05) is 37.6 Å². The molecule has 43 heavy (non-hydrogen) atoms. The van der Waals surface area contributed by atoms with Gasteiger partial charge in [-0.1, -0.05) is 46.3 Å². The second-order valence-electron chi connectivity index (χ2n) is 9.20. The maximum absolute atomic E-state index is 13.4. The van der Waals surface area contributed by atoms with Crippen molar-refractivity contribution in [3.05, 3.63) is 124 Å². The molecule has 3 N–H and O–H groups in total. The lowest BCUT2D eigenvalue weighted by Crippen LogP contribution is -2.30. The van der Waals surface area contributed by atoms with Crippen molar-refractivity contribution in [2.24, 2.45) is 0 Å². The molecule has 0 radical (unpaired) electrons. The van der Waals surface area contributed by atoms with Gasteiger partial charge in [-0.05, 0) is 67.6 Å². The van der Waals surface area contributed by atoms with Gasteiger partial charge in [0.1, 0.15) is 17.2 Å². The molecule has 0 spiro atoms. The van der Waals surface area contributed by atoms with Crippen molar-refractivity contribution in [3.63, 3.8) is 0 Å². The van der Waals surface area contributed by atoms with Gasteiger partial charge in [-0.25, -0.2) is 4.98 Å². The molecule has 3 aromatic carbocycles. The van der Waals surface area contributed by atoms with Crippen LogP contribution in [0.3, 0.4) is 0 Å². The van der Waals surface area contributed by atoms with Crippen molar-refractivity contribution < 1.29 is 18.8 Å². The highest BCUT2D eigenvalue weighted by Crippen LogP contribution is 2.26. The molecular weight excluding hydrogens is 648 g/mol. The van der Waals surface area contributed by atoms with Crippen LogP contribution in [0, 0.1) is 6.92 Å². The highest BCUT2D eigenvalue weighted by Gasteiger charge is 2.17. The summed E-state index contributed by atoms with van der Waals surface area (Å²) in [4.78, 5) is 43.6. The van der Waals surface area contributed by atoms with Gasteiger partial charge < -0.3 is 20.4 Å². The van der Waals surface area contributed by atoms with Crippen LogP contribution in [0.15, 0.2) is 116 Å². The van der Waals surface area contributed by atoms with Crippen LogP contribution in [0.5, 0.6) is 0 Å². The molecular formula is C32H25BrN4O4S2. The van der Waals surface area contributed by atoms with Crippen molar-refractivity contribution >= 4 is 73.6 Å². The molecule has 2 aromatic heterocycles. The van der Waals surface area contributed by atoms with Gasteiger partial charge in [0.25, 0.3) is 11.8 Å². The Morgan fingerprint density at radius 1 is 0.930 bits per heavy atom. The third-order valence-electron chi connectivity index (χ3n) is 5.92. The molecule has 0 aliphatic carbocycles. The number of carbonyl (C=O) groups excluding carboxylic acids is 3. The summed E-state index contributed by atoms with van der Waals surface area (Å²) in [5.41, 5.74) is 2.67. The van der Waals surface area contributed by atoms with Crippen molar-refractivity contribution in [3.8, 4) is 11.3 Å². The Balaban J connectivity index is 1.27. The molecule has 3 amide bonds. The number of hydrogen-bond donors (Lipinski definition) is 3. The van der Waals surface area contributed by atoms with Crippen LogP contribution in [0.25, 0.3) is 17.4 Å². The topological polar surface area (TPSA) is 113 Å². The molecule has 8 nitrogen and oxygen atoms in total. The Morgan fingerprint density at radius 3 is 2.37 bits per heavy atom. The van der Waals surface area contributed by atoms with Crippen LogP contribution in [-0.4, -0.2) is 28.5 Å². The van der Waals surface area contributed by atoms with E-state index in [4.69, 9.17) is 4.42 Å². The number of hydrogen-bond acceptors (Lipinski definition) is 7. The summed E-state index contributed by atoms with van der Waals surface area (Å²) in [6, 6.07) is 26.9. The zero-order valence-electron chi connectivity index (χ0n) is 22.8. The second kappa shape index (κ2) is 14.1. The molecule has 0 bridgehead atoms. The number of nitrogens with one attached hydrogen (secondary N) is 3. The number of anilines is 2. The Labute approximate surface area is 264 Å². The molecule has 2 heterocycles. The summed E-state index contributed by atoms with van der Waals surface area (Å²) in [5.74, 6) is 0.130. The zero-order chi connectivity index (χ0) is 30.2. The number of aryl methyl sites for hydroxylation is 1. The molecule has 0 saturated carbocycles. The van der Waals surface area contributed by atoms with E-state index in [1.165, 1.54) is 29.2 Å². The minimum Gasteiger partial charge on any atom is -0.457 e. The Bertz CT molecular complexity index is 1770. The molecule has 5 rings (SSSR count). The summed E-state index contributed by atoms with van der Waals surface area (Å²) < 4.78 is 6.92. The lowest BCUT2D eigenvalue weighted by atomic mass is 10.2. The van der Waals surface area contributed by atoms with Gasteiger partial charge in [-0.15, -0.1) is 23.1 Å². The largest absolute Gasteiger partial charge is 0.457 e. The number of furan rings is 1. The fourth-order valence-corrected chi connectivity index (χ4v) is 5.50. The summed E-state index contributed by atoms with van der Waals surface area (Å²) in [5, 5.41) is 10.8. The molecule has 0 aliphatic heterocycles. The zero-order valence-corrected chi connectivity index (χ0v) is 26.0. The van der Waals surface area contributed by atoms with E-state index in [0.717, 1.165) is 20.6 Å². The normalized spacial score (nSPS) is 11.2. The molecule has 5 aromatic rings. The summed E-state index contributed by atoms with van der Waals surface area (Å²) in [6.45, 7) is 1.87. The van der Waals surface area contributed by atoms with Crippen LogP contribution >= 0.6 is 39.0 Å². The Morgan fingerprint density at radius 2 is 1.67 bits per heavy atom. The molecule has 0 saturated heterocycles. The number of benzene rings is 3. The first-order valence-corrected chi connectivity index (χ1v) is 15.7. The van der Waals surface area contributed by atoms with Crippen molar-refractivity contribution in [1.82, 2.24) is 10.3 Å². The standard InChI is InChI=1S/C32H25BrN4O4S2/c1-20-18-43-32(34-20)37-29(38)19-42-26-14-11-24(12-15-26)35-31(40)27(36-30(39)22-5-3-2-4-6-22)17-25-13-16-28(41-25)21-7-9-23(33)10-8-21/h2-18H,19H2,1H3,(H,35,40)(H,36,39)(H,34,37,38). The highest BCUT2D eigenvalue weighted by molar-refractivity contribution is 9.10. The lowest BCUT2D eigenvalue weighted by Gasteiger charge is -2.11. The first-order chi connectivity index (χ1) is 20.8. The third kappa shape index (κ3) is 8.54. The minimum absolute atomic E-state index is 0.0121. The lowest BCUT2D eigenvalue weighted by molar-refractivity contribution is -0.114. The van der Waals surface area contributed by atoms with Crippen molar-refractivity contribution in [2.45, 2.75) is 11.8 Å². The third-order valence-corrected chi connectivity index (χ3v) is 8.33. The van der Waals surface area contributed by atoms with E-state index in [-0.39, 0.29) is 17.4 Å². The van der Waals surface area contributed by atoms with Gasteiger partial charge in [0.05, 0.1) is 11.4 Å². The second-order valence-corrected chi connectivity index (χ2v) is 12.0. The minimum atomic E-state index is -0.524. The Hall–Kier alpha value is -4.45. The number of thioether (sulfide) groups is 1. The molecule has 0 atom stereocenters. The molecule has 0 fully saturated rings. The predicted molar refractivity (Wildman–Crippen MR) is 175 cm³/mol. The van der Waals surface area contributed by atoms with E-state index < -0.39 is 11.8 Å². The van der Waals surface area contributed by atoms with E-state index in [1.807, 2.05) is 54.8 Å². The van der Waals surface area contributed by atoms with E-state index >= 15 is 0 Å². The highest BCUT2D eigenvalue weighted by atomic mass is 79.9. The number of aromatic nitrogens is 1. The van der Waals surface area contributed by atoms with E-state index in [2.05, 4.69) is 36.9 Å². The van der Waals surface area contributed by atoms with E-state index in [0.29, 0.717) is 27.9 Å².